The molecule has 0 bridgehead atoms. The van der Waals surface area contributed by atoms with E-state index in [2.05, 4.69) is 0 Å². The van der Waals surface area contributed by atoms with Crippen molar-refractivity contribution in [1.29, 1.82) is 0 Å². The number of fused-ring (bicyclic) bond motifs is 1. The molecule has 5 nitrogen and oxygen atoms in total. The Morgan fingerprint density at radius 2 is 1.96 bits per heavy atom. The molecule has 0 saturated carbocycles. The molecule has 0 fully saturated rings. The van der Waals surface area contributed by atoms with Crippen LogP contribution < -0.4 is 9.47 Å². The van der Waals surface area contributed by atoms with Crippen LogP contribution in [-0.2, 0) is 11.2 Å². The van der Waals surface area contributed by atoms with E-state index in [4.69, 9.17) is 9.47 Å². The van der Waals surface area contributed by atoms with Crippen LogP contribution in [0.25, 0.3) is 0 Å². The molecule has 0 saturated heterocycles. The summed E-state index contributed by atoms with van der Waals surface area (Å²) < 4.78 is 12.1. The van der Waals surface area contributed by atoms with Crippen LogP contribution in [0.4, 0.5) is 4.79 Å². The number of ketones is 1. The van der Waals surface area contributed by atoms with Crippen molar-refractivity contribution < 1.29 is 19.1 Å². The van der Waals surface area contributed by atoms with Crippen LogP contribution in [0.3, 0.4) is 0 Å². The van der Waals surface area contributed by atoms with Crippen molar-refractivity contribution in [1.82, 2.24) is 4.31 Å². The third kappa shape index (κ3) is 4.48. The summed E-state index contributed by atoms with van der Waals surface area (Å²) in [4.78, 5) is 24.7. The maximum atomic E-state index is 12.5. The standard InChI is InChI=1S/C19H27NO4S/c1-12(2)16(21)19(5,6)25-20(7)17(22)23-14-10-8-9-13-11-18(3,4)24-15(13)14/h8-10,12H,11H2,1-7H3. The molecule has 1 aromatic carbocycles. The normalized spacial score (nSPS) is 15.5. The lowest BCUT2D eigenvalue weighted by atomic mass is 9.98. The Morgan fingerprint density at radius 1 is 1.32 bits per heavy atom. The Hall–Kier alpha value is -1.69. The topological polar surface area (TPSA) is 55.8 Å². The average molecular weight is 365 g/mol. The zero-order valence-corrected chi connectivity index (χ0v) is 16.8. The second kappa shape index (κ2) is 6.90. The van der Waals surface area contributed by atoms with Crippen LogP contribution >= 0.6 is 11.9 Å². The Balaban J connectivity index is 2.09. The van der Waals surface area contributed by atoms with Gasteiger partial charge in [-0.1, -0.05) is 26.0 Å². The van der Waals surface area contributed by atoms with Gasteiger partial charge in [-0.15, -0.1) is 0 Å². The van der Waals surface area contributed by atoms with Crippen LogP contribution in [0, 0.1) is 5.92 Å². The molecule has 0 radical (unpaired) electrons. The number of carbonyl (C=O) groups is 2. The lowest BCUT2D eigenvalue weighted by Gasteiger charge is -2.28. The van der Waals surface area contributed by atoms with E-state index in [0.29, 0.717) is 11.5 Å². The maximum absolute atomic E-state index is 12.5. The molecule has 138 valence electrons. The van der Waals surface area contributed by atoms with E-state index in [9.17, 15) is 9.59 Å². The van der Waals surface area contributed by atoms with Gasteiger partial charge in [-0.2, -0.15) is 0 Å². The minimum Gasteiger partial charge on any atom is -0.483 e. The first-order valence-corrected chi connectivity index (χ1v) is 9.20. The van der Waals surface area contributed by atoms with Gasteiger partial charge in [0.2, 0.25) is 0 Å². The summed E-state index contributed by atoms with van der Waals surface area (Å²) in [6.07, 6.45) is 0.241. The molecular weight excluding hydrogens is 338 g/mol. The van der Waals surface area contributed by atoms with Gasteiger partial charge in [-0.3, -0.25) is 9.10 Å². The van der Waals surface area contributed by atoms with Crippen LogP contribution in [0.2, 0.25) is 0 Å². The summed E-state index contributed by atoms with van der Waals surface area (Å²) >= 11 is 1.17. The number of Topliss-reactive ketones (excluding diaryl/α,β-unsaturated/α-hetero) is 1. The molecule has 1 heterocycles. The number of hydrogen-bond donors (Lipinski definition) is 0. The van der Waals surface area contributed by atoms with Gasteiger partial charge in [0.1, 0.15) is 5.60 Å². The average Bonchev–Trinajstić information content (AvgIpc) is 2.80. The van der Waals surface area contributed by atoms with E-state index in [0.717, 1.165) is 12.0 Å². The van der Waals surface area contributed by atoms with Crippen LogP contribution in [0.5, 0.6) is 11.5 Å². The molecule has 0 spiro atoms. The summed E-state index contributed by atoms with van der Waals surface area (Å²) in [6, 6.07) is 5.55. The van der Waals surface area contributed by atoms with E-state index in [-0.39, 0.29) is 17.3 Å². The highest BCUT2D eigenvalue weighted by molar-refractivity contribution is 7.99. The van der Waals surface area contributed by atoms with Crippen LogP contribution in [0.15, 0.2) is 18.2 Å². The van der Waals surface area contributed by atoms with Gasteiger partial charge in [0.05, 0.1) is 4.75 Å². The van der Waals surface area contributed by atoms with Gasteiger partial charge in [-0.05, 0) is 45.7 Å². The van der Waals surface area contributed by atoms with Gasteiger partial charge < -0.3 is 9.47 Å². The van der Waals surface area contributed by atoms with Crippen LogP contribution in [0.1, 0.15) is 47.1 Å². The van der Waals surface area contributed by atoms with Gasteiger partial charge in [0.15, 0.2) is 17.3 Å². The fourth-order valence-corrected chi connectivity index (χ4v) is 4.07. The van der Waals surface area contributed by atoms with Gasteiger partial charge in [0.25, 0.3) is 0 Å². The SMILES string of the molecule is CC(C)C(=O)C(C)(C)SN(C)C(=O)Oc1cccc2c1OC(C)(C)C2. The summed E-state index contributed by atoms with van der Waals surface area (Å²) in [7, 11) is 1.61. The number of nitrogens with zero attached hydrogens (tertiary/aromatic N) is 1. The first kappa shape index (κ1) is 19.6. The van der Waals surface area contributed by atoms with Crippen LogP contribution in [-0.4, -0.2) is 33.6 Å². The van der Waals surface area contributed by atoms with Crippen molar-refractivity contribution in [3.8, 4) is 11.5 Å². The Labute approximate surface area is 154 Å². The second-order valence-electron chi connectivity index (χ2n) is 7.77. The monoisotopic (exact) mass is 365 g/mol. The molecule has 0 aromatic heterocycles. The molecule has 0 atom stereocenters. The predicted octanol–water partition coefficient (Wildman–Crippen LogP) is 4.48. The summed E-state index contributed by atoms with van der Waals surface area (Å²) in [5.74, 6) is 1.02. The van der Waals surface area contributed by atoms with Crippen molar-refractivity contribution in [2.45, 2.75) is 58.3 Å². The first-order valence-electron chi connectivity index (χ1n) is 8.43. The number of para-hydroxylation sites is 1. The fourth-order valence-electron chi connectivity index (χ4n) is 2.95. The number of ether oxygens (including phenoxy) is 2. The summed E-state index contributed by atoms with van der Waals surface area (Å²) in [6.45, 7) is 11.3. The highest BCUT2D eigenvalue weighted by atomic mass is 32.2. The van der Waals surface area contributed by atoms with Crippen molar-refractivity contribution in [3.63, 3.8) is 0 Å². The number of benzene rings is 1. The lowest BCUT2D eigenvalue weighted by molar-refractivity contribution is -0.123. The maximum Gasteiger partial charge on any atom is 0.425 e. The minimum atomic E-state index is -0.709. The van der Waals surface area contributed by atoms with Crippen molar-refractivity contribution in [2.24, 2.45) is 5.92 Å². The number of hydrogen-bond acceptors (Lipinski definition) is 5. The molecule has 25 heavy (non-hydrogen) atoms. The molecule has 1 aliphatic rings. The van der Waals surface area contributed by atoms with Crippen molar-refractivity contribution >= 4 is 23.8 Å². The van der Waals surface area contributed by atoms with E-state index in [1.54, 1.807) is 13.1 Å². The molecule has 0 unspecified atom stereocenters. The van der Waals surface area contributed by atoms with Gasteiger partial charge in [0, 0.05) is 24.9 Å². The molecule has 1 amide bonds. The number of carbonyl (C=O) groups excluding carboxylic acids is 2. The third-order valence-electron chi connectivity index (χ3n) is 3.99. The lowest BCUT2D eigenvalue weighted by Crippen LogP contribution is -2.37. The largest absolute Gasteiger partial charge is 0.483 e. The van der Waals surface area contributed by atoms with Crippen molar-refractivity contribution in [3.05, 3.63) is 23.8 Å². The van der Waals surface area contributed by atoms with E-state index >= 15 is 0 Å². The minimum absolute atomic E-state index is 0.0860. The highest BCUT2D eigenvalue weighted by Crippen LogP contribution is 2.42. The number of rotatable bonds is 5. The van der Waals surface area contributed by atoms with Gasteiger partial charge in [-0.25, -0.2) is 4.79 Å². The first-order chi connectivity index (χ1) is 11.4. The molecule has 1 aliphatic heterocycles. The molecule has 1 aromatic rings. The molecule has 0 N–H and O–H groups in total. The highest BCUT2D eigenvalue weighted by Gasteiger charge is 2.35. The summed E-state index contributed by atoms with van der Waals surface area (Å²) in [5.41, 5.74) is 0.720. The molecular formula is C19H27NO4S. The zero-order chi connectivity index (χ0) is 19.0. The number of amides is 1. The smallest absolute Gasteiger partial charge is 0.425 e. The van der Waals surface area contributed by atoms with Crippen molar-refractivity contribution in [2.75, 3.05) is 7.05 Å². The fraction of sp³-hybridized carbons (Fsp3) is 0.579. The Kier molecular flexibility index (Phi) is 5.42. The Morgan fingerprint density at radius 3 is 2.56 bits per heavy atom. The van der Waals surface area contributed by atoms with E-state index < -0.39 is 10.8 Å². The molecule has 6 heteroatoms. The third-order valence-corrected chi connectivity index (χ3v) is 5.07. The second-order valence-corrected chi connectivity index (χ2v) is 9.52. The summed E-state index contributed by atoms with van der Waals surface area (Å²) in [5, 5.41) is 0. The predicted molar refractivity (Wildman–Crippen MR) is 100 cm³/mol. The van der Waals surface area contributed by atoms with E-state index in [1.165, 1.54) is 16.3 Å². The quantitative estimate of drug-likeness (QED) is 0.720. The van der Waals surface area contributed by atoms with Gasteiger partial charge >= 0.3 is 6.09 Å². The molecule has 0 aliphatic carbocycles. The zero-order valence-electron chi connectivity index (χ0n) is 16.0. The molecule has 2 rings (SSSR count). The van der Waals surface area contributed by atoms with E-state index in [1.807, 2.05) is 53.7 Å². The Bertz CT molecular complexity index is 682.